The highest BCUT2D eigenvalue weighted by molar-refractivity contribution is 6.32. The van der Waals surface area contributed by atoms with Crippen LogP contribution in [0, 0.1) is 6.92 Å². The van der Waals surface area contributed by atoms with Crippen molar-refractivity contribution >= 4 is 13.3 Å². The molecule has 0 saturated carbocycles. The number of aromatic nitrogens is 1. The minimum absolute atomic E-state index is 0.597. The van der Waals surface area contributed by atoms with E-state index in [1.807, 2.05) is 13.0 Å². The van der Waals surface area contributed by atoms with Gasteiger partial charge in [0.15, 0.2) is 0 Å². The highest BCUT2D eigenvalue weighted by Gasteiger charge is 2.09. The molecule has 1 rings (SSSR count). The molecule has 0 saturated heterocycles. The fourth-order valence-corrected chi connectivity index (χ4v) is 1.73. The van der Waals surface area contributed by atoms with Gasteiger partial charge in [-0.2, -0.15) is 0 Å². The molecule has 0 aliphatic heterocycles. The maximum Gasteiger partial charge on any atom is 0.116 e. The van der Waals surface area contributed by atoms with Crippen LogP contribution >= 0.6 is 0 Å². The Balaban J connectivity index is 2.88. The predicted molar refractivity (Wildman–Crippen MR) is 62.3 cm³/mol. The van der Waals surface area contributed by atoms with Gasteiger partial charge in [0.05, 0.1) is 0 Å². The van der Waals surface area contributed by atoms with Gasteiger partial charge >= 0.3 is 0 Å². The molecule has 1 unspecified atom stereocenters. The molecule has 0 aromatic carbocycles. The smallest absolute Gasteiger partial charge is 0.116 e. The van der Waals surface area contributed by atoms with Crippen LogP contribution in [-0.2, 0) is 0 Å². The van der Waals surface area contributed by atoms with Gasteiger partial charge in [-0.3, -0.25) is 4.98 Å². The van der Waals surface area contributed by atoms with Crippen LogP contribution in [0.15, 0.2) is 12.1 Å². The number of hydrogen-bond donors (Lipinski definition) is 0. The molecule has 0 amide bonds. The Morgan fingerprint density at radius 3 is 2.57 bits per heavy atom. The average Bonchev–Trinajstić information content (AvgIpc) is 2.19. The summed E-state index contributed by atoms with van der Waals surface area (Å²) in [5.41, 5.74) is 2.94. The highest BCUT2D eigenvalue weighted by Crippen LogP contribution is 2.22. The summed E-state index contributed by atoms with van der Waals surface area (Å²) in [6.07, 6.45) is 3.58. The molecule has 1 aromatic rings. The molecule has 0 fully saturated rings. The van der Waals surface area contributed by atoms with E-state index >= 15 is 0 Å². The molecule has 14 heavy (non-hydrogen) atoms. The van der Waals surface area contributed by atoms with E-state index in [4.69, 9.17) is 7.85 Å². The quantitative estimate of drug-likeness (QED) is 0.660. The molecular formula is C12H18BN. The summed E-state index contributed by atoms with van der Waals surface area (Å²) in [5, 5.41) is 0. The molecule has 0 bridgehead atoms. The molecular weight excluding hydrogens is 169 g/mol. The van der Waals surface area contributed by atoms with Gasteiger partial charge in [-0.1, -0.05) is 31.8 Å². The van der Waals surface area contributed by atoms with Crippen LogP contribution in [0.4, 0.5) is 0 Å². The molecule has 1 atom stereocenters. The van der Waals surface area contributed by atoms with Gasteiger partial charge in [0.25, 0.3) is 0 Å². The van der Waals surface area contributed by atoms with E-state index in [2.05, 4.69) is 24.9 Å². The maximum absolute atomic E-state index is 5.74. The Bertz CT molecular complexity index is 296. The van der Waals surface area contributed by atoms with E-state index in [0.717, 1.165) is 17.6 Å². The van der Waals surface area contributed by atoms with Gasteiger partial charge in [0, 0.05) is 17.3 Å². The van der Waals surface area contributed by atoms with Gasteiger partial charge in [0.2, 0.25) is 0 Å². The fraction of sp³-hybridized carbons (Fsp3) is 0.583. The Morgan fingerprint density at radius 2 is 2.07 bits per heavy atom. The van der Waals surface area contributed by atoms with Gasteiger partial charge in [0.1, 0.15) is 7.85 Å². The number of hydrogen-bond acceptors (Lipinski definition) is 1. The van der Waals surface area contributed by atoms with Crippen molar-refractivity contribution in [3.63, 3.8) is 0 Å². The lowest BCUT2D eigenvalue weighted by Gasteiger charge is -2.14. The Morgan fingerprint density at radius 1 is 1.36 bits per heavy atom. The van der Waals surface area contributed by atoms with Gasteiger partial charge in [-0.05, 0) is 25.8 Å². The molecule has 1 nitrogen and oxygen atoms in total. The van der Waals surface area contributed by atoms with Gasteiger partial charge < -0.3 is 0 Å². The lowest BCUT2D eigenvalue weighted by molar-refractivity contribution is 0.580. The number of nitrogens with zero attached hydrogens (tertiary/aromatic N) is 1. The first-order chi connectivity index (χ1) is 6.69. The molecule has 0 spiro atoms. The predicted octanol–water partition coefficient (Wildman–Crippen LogP) is 2.48. The second kappa shape index (κ2) is 5.18. The van der Waals surface area contributed by atoms with Gasteiger partial charge in [-0.15, -0.1) is 0 Å². The fourth-order valence-electron chi connectivity index (χ4n) is 1.73. The molecule has 2 heteroatoms. The molecule has 1 heterocycles. The van der Waals surface area contributed by atoms with E-state index in [9.17, 15) is 0 Å². The number of aryl methyl sites for hydroxylation is 1. The number of rotatable bonds is 4. The summed E-state index contributed by atoms with van der Waals surface area (Å²) < 4.78 is 0. The summed E-state index contributed by atoms with van der Waals surface area (Å²) in [7, 11) is 5.74. The first-order valence-electron chi connectivity index (χ1n) is 5.42. The van der Waals surface area contributed by atoms with E-state index in [1.165, 1.54) is 18.5 Å². The van der Waals surface area contributed by atoms with Crippen molar-refractivity contribution in [1.29, 1.82) is 0 Å². The summed E-state index contributed by atoms with van der Waals surface area (Å²) in [5.74, 6) is 0.597. The van der Waals surface area contributed by atoms with Crippen LogP contribution in [0.2, 0.25) is 0 Å². The van der Waals surface area contributed by atoms with Crippen molar-refractivity contribution in [2.24, 2.45) is 0 Å². The lowest BCUT2D eigenvalue weighted by atomic mass is 9.91. The van der Waals surface area contributed by atoms with Crippen molar-refractivity contribution in [3.8, 4) is 0 Å². The van der Waals surface area contributed by atoms with Crippen molar-refractivity contribution < 1.29 is 0 Å². The van der Waals surface area contributed by atoms with Crippen LogP contribution in [0.5, 0.6) is 0 Å². The van der Waals surface area contributed by atoms with Crippen molar-refractivity contribution in [2.75, 3.05) is 0 Å². The van der Waals surface area contributed by atoms with E-state index in [-0.39, 0.29) is 0 Å². The zero-order valence-electron chi connectivity index (χ0n) is 9.38. The first kappa shape index (κ1) is 11.3. The zero-order chi connectivity index (χ0) is 10.6. The van der Waals surface area contributed by atoms with Crippen LogP contribution in [0.3, 0.4) is 0 Å². The second-order valence-corrected chi connectivity index (χ2v) is 3.80. The Kier molecular flexibility index (Phi) is 4.18. The number of pyridine rings is 1. The van der Waals surface area contributed by atoms with Crippen LogP contribution in [0.1, 0.15) is 50.4 Å². The third kappa shape index (κ3) is 2.60. The third-order valence-corrected chi connectivity index (χ3v) is 2.70. The van der Waals surface area contributed by atoms with Crippen molar-refractivity contribution in [3.05, 3.63) is 23.5 Å². The molecule has 0 aliphatic rings. The van der Waals surface area contributed by atoms with Crippen molar-refractivity contribution in [1.82, 2.24) is 4.98 Å². The van der Waals surface area contributed by atoms with Gasteiger partial charge in [-0.25, -0.2) is 0 Å². The Labute approximate surface area is 88.4 Å². The summed E-state index contributed by atoms with van der Waals surface area (Å²) in [6, 6.07) is 4.03. The Hall–Kier alpha value is -0.785. The molecule has 74 valence electrons. The minimum Gasteiger partial charge on any atom is -0.259 e. The first-order valence-corrected chi connectivity index (χ1v) is 5.42. The van der Waals surface area contributed by atoms with Crippen molar-refractivity contribution in [2.45, 2.75) is 46.0 Å². The van der Waals surface area contributed by atoms with Crippen LogP contribution in [0.25, 0.3) is 0 Å². The topological polar surface area (TPSA) is 12.9 Å². The molecule has 0 aliphatic carbocycles. The van der Waals surface area contributed by atoms with Crippen LogP contribution < -0.4 is 5.46 Å². The van der Waals surface area contributed by atoms with Crippen LogP contribution in [-0.4, -0.2) is 12.8 Å². The highest BCUT2D eigenvalue weighted by atomic mass is 14.7. The SMILES string of the molecule is [B]c1ccc(C(CC)CCC)nc1C. The second-order valence-electron chi connectivity index (χ2n) is 3.80. The minimum atomic E-state index is 0.597. The van der Waals surface area contributed by atoms with E-state index in [0.29, 0.717) is 5.92 Å². The normalized spacial score (nSPS) is 12.8. The lowest BCUT2D eigenvalue weighted by Crippen LogP contribution is -2.12. The maximum atomic E-state index is 5.74. The summed E-state index contributed by atoms with van der Waals surface area (Å²) >= 11 is 0. The standard InChI is InChI=1S/C12H18BN/c1-4-6-10(5-2)12-8-7-11(13)9(3)14-12/h7-8,10H,4-6H2,1-3H3. The summed E-state index contributed by atoms with van der Waals surface area (Å²) in [6.45, 7) is 6.40. The largest absolute Gasteiger partial charge is 0.259 e. The van der Waals surface area contributed by atoms with E-state index in [1.54, 1.807) is 0 Å². The molecule has 0 N–H and O–H groups in total. The molecule has 2 radical (unpaired) electrons. The summed E-state index contributed by atoms with van der Waals surface area (Å²) in [4.78, 5) is 4.54. The zero-order valence-corrected chi connectivity index (χ0v) is 9.38. The molecule has 1 aromatic heterocycles. The average molecular weight is 187 g/mol. The monoisotopic (exact) mass is 187 g/mol. The third-order valence-electron chi connectivity index (χ3n) is 2.70. The van der Waals surface area contributed by atoms with E-state index < -0.39 is 0 Å².